The van der Waals surface area contributed by atoms with E-state index in [0.717, 1.165) is 17.4 Å². The molecule has 0 aliphatic heterocycles. The number of hydrogen-bond acceptors (Lipinski definition) is 4. The van der Waals surface area contributed by atoms with Gasteiger partial charge >= 0.3 is 5.97 Å². The molecule has 1 aromatic carbocycles. The second kappa shape index (κ2) is 7.22. The van der Waals surface area contributed by atoms with Gasteiger partial charge in [-0.2, -0.15) is 0 Å². The third-order valence-corrected chi connectivity index (χ3v) is 4.11. The topological polar surface area (TPSA) is 55.4 Å². The summed E-state index contributed by atoms with van der Waals surface area (Å²) in [5.41, 5.74) is 1.06. The Morgan fingerprint density at radius 3 is 2.81 bits per heavy atom. The number of esters is 1. The molecule has 0 unspecified atom stereocenters. The van der Waals surface area contributed by atoms with Gasteiger partial charge in [-0.15, -0.1) is 11.3 Å². The smallest absolute Gasteiger partial charge is 0.328 e. The highest BCUT2D eigenvalue weighted by atomic mass is 32.1. The van der Waals surface area contributed by atoms with Crippen LogP contribution in [-0.2, 0) is 20.7 Å². The third kappa shape index (κ3) is 4.04. The summed E-state index contributed by atoms with van der Waals surface area (Å²) in [5, 5.41) is 5.84. The summed E-state index contributed by atoms with van der Waals surface area (Å²) in [6.07, 6.45) is 1.21. The fourth-order valence-corrected chi connectivity index (χ4v) is 3.13. The zero-order valence-electron chi connectivity index (χ0n) is 12.2. The summed E-state index contributed by atoms with van der Waals surface area (Å²) in [6, 6.07) is 7.41. The predicted octanol–water partition coefficient (Wildman–Crippen LogP) is 2.90. The Kier molecular flexibility index (Phi) is 5.33. The minimum Gasteiger partial charge on any atom is -0.464 e. The van der Waals surface area contributed by atoms with Gasteiger partial charge in [0.2, 0.25) is 5.91 Å². The molecule has 112 valence electrons. The van der Waals surface area contributed by atoms with Crippen molar-refractivity contribution in [3.8, 4) is 0 Å². The average Bonchev–Trinajstić information content (AvgIpc) is 2.87. The Balaban J connectivity index is 2.17. The summed E-state index contributed by atoms with van der Waals surface area (Å²) in [6.45, 7) is 3.72. The standard InChI is InChI=1S/C16H19NO3S/c1-3-8-20-16(19)14(17-11(2)18)9-12-10-21-15-7-5-4-6-13(12)15/h4-7,10,14H,3,8-9H2,1-2H3,(H,17,18)/t14-/m0/s1. The van der Waals surface area contributed by atoms with Gasteiger partial charge in [-0.05, 0) is 28.8 Å². The van der Waals surface area contributed by atoms with Crippen LogP contribution in [0.2, 0.25) is 0 Å². The van der Waals surface area contributed by atoms with E-state index in [0.29, 0.717) is 13.0 Å². The van der Waals surface area contributed by atoms with Gasteiger partial charge in [0.25, 0.3) is 0 Å². The monoisotopic (exact) mass is 305 g/mol. The lowest BCUT2D eigenvalue weighted by atomic mass is 10.0. The van der Waals surface area contributed by atoms with E-state index < -0.39 is 6.04 Å². The van der Waals surface area contributed by atoms with Crippen LogP contribution in [0.15, 0.2) is 29.6 Å². The highest BCUT2D eigenvalue weighted by molar-refractivity contribution is 7.17. The molecular weight excluding hydrogens is 286 g/mol. The molecule has 1 aromatic heterocycles. The van der Waals surface area contributed by atoms with Crippen molar-refractivity contribution in [1.82, 2.24) is 5.32 Å². The largest absolute Gasteiger partial charge is 0.464 e. The van der Waals surface area contributed by atoms with Gasteiger partial charge in [-0.3, -0.25) is 4.79 Å². The maximum atomic E-state index is 12.1. The highest BCUT2D eigenvalue weighted by Gasteiger charge is 2.22. The van der Waals surface area contributed by atoms with Gasteiger partial charge in [0.05, 0.1) is 6.61 Å². The summed E-state index contributed by atoms with van der Waals surface area (Å²) in [5.74, 6) is -0.602. The lowest BCUT2D eigenvalue weighted by molar-refractivity contribution is -0.147. The highest BCUT2D eigenvalue weighted by Crippen LogP contribution is 2.26. The van der Waals surface area contributed by atoms with Crippen LogP contribution in [0.4, 0.5) is 0 Å². The van der Waals surface area contributed by atoms with Crippen molar-refractivity contribution < 1.29 is 14.3 Å². The first-order valence-electron chi connectivity index (χ1n) is 7.00. The first-order valence-corrected chi connectivity index (χ1v) is 7.88. The first-order chi connectivity index (χ1) is 10.1. The van der Waals surface area contributed by atoms with E-state index in [1.807, 2.05) is 36.6 Å². The zero-order valence-corrected chi connectivity index (χ0v) is 13.0. The van der Waals surface area contributed by atoms with E-state index in [4.69, 9.17) is 4.74 Å². The predicted molar refractivity (Wildman–Crippen MR) is 84.4 cm³/mol. The fourth-order valence-electron chi connectivity index (χ4n) is 2.15. The van der Waals surface area contributed by atoms with Crippen LogP contribution < -0.4 is 5.32 Å². The number of carbonyl (C=O) groups excluding carboxylic acids is 2. The minimum atomic E-state index is -0.632. The van der Waals surface area contributed by atoms with Crippen LogP contribution in [-0.4, -0.2) is 24.5 Å². The van der Waals surface area contributed by atoms with Crippen molar-refractivity contribution in [2.75, 3.05) is 6.61 Å². The summed E-state index contributed by atoms with van der Waals surface area (Å²) in [4.78, 5) is 23.4. The number of fused-ring (bicyclic) bond motifs is 1. The van der Waals surface area contributed by atoms with Crippen molar-refractivity contribution in [3.63, 3.8) is 0 Å². The van der Waals surface area contributed by atoms with Crippen LogP contribution in [0.1, 0.15) is 25.8 Å². The molecule has 1 atom stereocenters. The zero-order chi connectivity index (χ0) is 15.2. The van der Waals surface area contributed by atoms with Crippen LogP contribution in [0, 0.1) is 0 Å². The minimum absolute atomic E-state index is 0.229. The van der Waals surface area contributed by atoms with E-state index in [1.54, 1.807) is 11.3 Å². The lowest BCUT2D eigenvalue weighted by Gasteiger charge is -2.16. The molecule has 21 heavy (non-hydrogen) atoms. The number of benzene rings is 1. The number of thiophene rings is 1. The number of ether oxygens (including phenoxy) is 1. The summed E-state index contributed by atoms with van der Waals surface area (Å²) < 4.78 is 6.34. The van der Waals surface area contributed by atoms with Crippen LogP contribution >= 0.6 is 11.3 Å². The molecule has 2 aromatic rings. The number of amides is 1. The van der Waals surface area contributed by atoms with Crippen molar-refractivity contribution in [3.05, 3.63) is 35.2 Å². The Hall–Kier alpha value is -1.88. The summed E-state index contributed by atoms with van der Waals surface area (Å²) >= 11 is 1.64. The quantitative estimate of drug-likeness (QED) is 0.835. The summed E-state index contributed by atoms with van der Waals surface area (Å²) in [7, 11) is 0. The van der Waals surface area contributed by atoms with Crippen molar-refractivity contribution in [2.45, 2.75) is 32.7 Å². The number of nitrogens with one attached hydrogen (secondary N) is 1. The SMILES string of the molecule is CCCOC(=O)[C@H](Cc1csc2ccccc12)NC(C)=O. The Bertz CT molecular complexity index is 635. The number of carbonyl (C=O) groups is 2. The Labute approximate surface area is 128 Å². The lowest BCUT2D eigenvalue weighted by Crippen LogP contribution is -2.42. The number of rotatable bonds is 6. The molecule has 1 heterocycles. The second-order valence-electron chi connectivity index (χ2n) is 4.88. The maximum Gasteiger partial charge on any atom is 0.328 e. The molecule has 5 heteroatoms. The average molecular weight is 305 g/mol. The van der Waals surface area contributed by atoms with Gasteiger partial charge in [0.15, 0.2) is 0 Å². The molecule has 1 N–H and O–H groups in total. The Morgan fingerprint density at radius 1 is 1.33 bits per heavy atom. The second-order valence-corrected chi connectivity index (χ2v) is 5.79. The molecule has 0 fully saturated rings. The van der Waals surface area contributed by atoms with Gasteiger partial charge in [0, 0.05) is 18.0 Å². The number of hydrogen-bond donors (Lipinski definition) is 1. The van der Waals surface area contributed by atoms with E-state index in [-0.39, 0.29) is 11.9 Å². The van der Waals surface area contributed by atoms with Gasteiger partial charge in [-0.25, -0.2) is 4.79 Å². The molecule has 4 nitrogen and oxygen atoms in total. The van der Waals surface area contributed by atoms with Gasteiger partial charge in [0.1, 0.15) is 6.04 Å². The normalized spacial score (nSPS) is 12.1. The van der Waals surface area contributed by atoms with Crippen LogP contribution in [0.5, 0.6) is 0 Å². The van der Waals surface area contributed by atoms with Crippen molar-refractivity contribution >= 4 is 33.3 Å². The molecule has 0 saturated carbocycles. The molecule has 2 rings (SSSR count). The molecule has 1 amide bonds. The van der Waals surface area contributed by atoms with Crippen molar-refractivity contribution in [2.24, 2.45) is 0 Å². The van der Waals surface area contributed by atoms with E-state index in [1.165, 1.54) is 11.6 Å². The van der Waals surface area contributed by atoms with Crippen LogP contribution in [0.25, 0.3) is 10.1 Å². The molecule has 0 radical (unpaired) electrons. The fraction of sp³-hybridized carbons (Fsp3) is 0.375. The molecule has 0 spiro atoms. The van der Waals surface area contributed by atoms with E-state index in [9.17, 15) is 9.59 Å². The third-order valence-electron chi connectivity index (χ3n) is 3.10. The maximum absolute atomic E-state index is 12.1. The molecular formula is C16H19NO3S. The Morgan fingerprint density at radius 2 is 2.10 bits per heavy atom. The molecule has 0 aliphatic carbocycles. The molecule has 0 bridgehead atoms. The molecule has 0 saturated heterocycles. The van der Waals surface area contributed by atoms with Crippen LogP contribution in [0.3, 0.4) is 0 Å². The van der Waals surface area contributed by atoms with Gasteiger partial charge < -0.3 is 10.1 Å². The first kappa shape index (κ1) is 15.5. The van der Waals surface area contributed by atoms with Crippen molar-refractivity contribution in [1.29, 1.82) is 0 Å². The van der Waals surface area contributed by atoms with Gasteiger partial charge in [-0.1, -0.05) is 25.1 Å². The van der Waals surface area contributed by atoms with E-state index in [2.05, 4.69) is 5.32 Å². The van der Waals surface area contributed by atoms with E-state index >= 15 is 0 Å². The molecule has 0 aliphatic rings.